The van der Waals surface area contributed by atoms with Crippen LogP contribution in [0, 0.1) is 5.92 Å². The molecule has 1 rings (SSSR count). The van der Waals surface area contributed by atoms with Crippen molar-refractivity contribution < 1.29 is 9.47 Å². The number of rotatable bonds is 13. The lowest BCUT2D eigenvalue weighted by Crippen LogP contribution is -2.37. The van der Waals surface area contributed by atoms with Gasteiger partial charge in [-0.05, 0) is 51.4 Å². The zero-order valence-electron chi connectivity index (χ0n) is 13.8. The molecular weight excluding hydrogens is 266 g/mol. The maximum atomic E-state index is 5.61. The molecule has 0 aromatic heterocycles. The van der Waals surface area contributed by atoms with Crippen molar-refractivity contribution in [1.82, 2.24) is 10.6 Å². The molecule has 0 heterocycles. The van der Waals surface area contributed by atoms with E-state index in [9.17, 15) is 0 Å². The number of nitrogens with one attached hydrogen (secondary N) is 2. The van der Waals surface area contributed by atoms with Gasteiger partial charge in [0.25, 0.3) is 0 Å². The predicted octanol–water partition coefficient (Wildman–Crippen LogP) is 2.17. The highest BCUT2D eigenvalue weighted by molar-refractivity contribution is 5.79. The van der Waals surface area contributed by atoms with Crippen LogP contribution in [-0.4, -0.2) is 52.5 Å². The molecule has 1 fully saturated rings. The molecule has 0 amide bonds. The molecular formula is C16H33N3O2. The Labute approximate surface area is 129 Å². The molecule has 0 aromatic rings. The molecule has 1 aliphatic rings. The molecule has 1 aliphatic carbocycles. The van der Waals surface area contributed by atoms with Gasteiger partial charge in [-0.3, -0.25) is 4.99 Å². The summed E-state index contributed by atoms with van der Waals surface area (Å²) in [7, 11) is 1.75. The minimum atomic E-state index is 0.823. The standard InChI is InChI=1S/C16H33N3O2/c1-3-17-16(18-10-5-4-6-12-20-2)19-11-7-13-21-14-15-8-9-15/h15H,3-14H2,1-2H3,(H2,17,18,19). The maximum Gasteiger partial charge on any atom is 0.191 e. The van der Waals surface area contributed by atoms with Crippen molar-refractivity contribution in [1.29, 1.82) is 0 Å². The molecule has 1 saturated carbocycles. The van der Waals surface area contributed by atoms with Crippen molar-refractivity contribution in [3.05, 3.63) is 0 Å². The summed E-state index contributed by atoms with van der Waals surface area (Å²) in [5.74, 6) is 1.78. The van der Waals surface area contributed by atoms with Crippen LogP contribution >= 0.6 is 0 Å². The third-order valence-electron chi connectivity index (χ3n) is 3.43. The molecule has 124 valence electrons. The summed E-state index contributed by atoms with van der Waals surface area (Å²) in [6, 6.07) is 0. The number of methoxy groups -OCH3 is 1. The molecule has 0 radical (unpaired) electrons. The number of hydrogen-bond acceptors (Lipinski definition) is 3. The second kappa shape index (κ2) is 12.9. The summed E-state index contributed by atoms with van der Waals surface area (Å²) in [6.45, 7) is 7.41. The Morgan fingerprint density at radius 3 is 2.67 bits per heavy atom. The monoisotopic (exact) mass is 299 g/mol. The largest absolute Gasteiger partial charge is 0.385 e. The van der Waals surface area contributed by atoms with Gasteiger partial charge in [-0.25, -0.2) is 0 Å². The third-order valence-corrected chi connectivity index (χ3v) is 3.43. The van der Waals surface area contributed by atoms with E-state index in [-0.39, 0.29) is 0 Å². The fraction of sp³-hybridized carbons (Fsp3) is 0.938. The van der Waals surface area contributed by atoms with E-state index < -0.39 is 0 Å². The Balaban J connectivity index is 1.98. The van der Waals surface area contributed by atoms with E-state index in [0.29, 0.717) is 0 Å². The Kier molecular flexibility index (Phi) is 11.2. The summed E-state index contributed by atoms with van der Waals surface area (Å²) < 4.78 is 10.7. The fourth-order valence-corrected chi connectivity index (χ4v) is 1.99. The molecule has 0 aromatic carbocycles. The normalized spacial score (nSPS) is 15.2. The van der Waals surface area contributed by atoms with Crippen LogP contribution in [0.4, 0.5) is 0 Å². The predicted molar refractivity (Wildman–Crippen MR) is 87.9 cm³/mol. The number of nitrogens with zero attached hydrogens (tertiary/aromatic N) is 1. The molecule has 5 heteroatoms. The van der Waals surface area contributed by atoms with Crippen LogP contribution in [0.25, 0.3) is 0 Å². The van der Waals surface area contributed by atoms with Crippen LogP contribution in [0.5, 0.6) is 0 Å². The first kappa shape index (κ1) is 18.2. The summed E-state index contributed by atoms with van der Waals surface area (Å²) in [6.07, 6.45) is 7.18. The quantitative estimate of drug-likeness (QED) is 0.311. The summed E-state index contributed by atoms with van der Waals surface area (Å²) >= 11 is 0. The molecule has 0 unspecified atom stereocenters. The van der Waals surface area contributed by atoms with Gasteiger partial charge in [-0.2, -0.15) is 0 Å². The van der Waals surface area contributed by atoms with Gasteiger partial charge < -0.3 is 20.1 Å². The van der Waals surface area contributed by atoms with E-state index in [1.807, 2.05) is 0 Å². The summed E-state index contributed by atoms with van der Waals surface area (Å²) in [5.41, 5.74) is 0. The van der Waals surface area contributed by atoms with E-state index in [1.165, 1.54) is 19.3 Å². The molecule has 0 bridgehead atoms. The van der Waals surface area contributed by atoms with Crippen LogP contribution < -0.4 is 10.6 Å². The Morgan fingerprint density at radius 2 is 1.95 bits per heavy atom. The second-order valence-corrected chi connectivity index (χ2v) is 5.61. The van der Waals surface area contributed by atoms with Gasteiger partial charge in [0.1, 0.15) is 0 Å². The van der Waals surface area contributed by atoms with Gasteiger partial charge >= 0.3 is 0 Å². The van der Waals surface area contributed by atoms with Crippen molar-refractivity contribution in [3.63, 3.8) is 0 Å². The zero-order chi connectivity index (χ0) is 15.2. The number of unbranched alkanes of at least 4 members (excludes halogenated alkanes) is 2. The van der Waals surface area contributed by atoms with E-state index in [0.717, 1.165) is 70.6 Å². The Hall–Kier alpha value is -0.810. The van der Waals surface area contributed by atoms with Crippen molar-refractivity contribution in [2.24, 2.45) is 10.9 Å². The average molecular weight is 299 g/mol. The van der Waals surface area contributed by atoms with E-state index in [1.54, 1.807) is 7.11 Å². The lowest BCUT2D eigenvalue weighted by Gasteiger charge is -2.11. The molecule has 0 spiro atoms. The maximum absolute atomic E-state index is 5.61. The number of hydrogen-bond donors (Lipinski definition) is 2. The highest BCUT2D eigenvalue weighted by Gasteiger charge is 2.20. The minimum Gasteiger partial charge on any atom is -0.385 e. The Morgan fingerprint density at radius 1 is 1.10 bits per heavy atom. The molecule has 21 heavy (non-hydrogen) atoms. The zero-order valence-corrected chi connectivity index (χ0v) is 13.8. The van der Waals surface area contributed by atoms with Crippen LogP contribution in [0.2, 0.25) is 0 Å². The first-order chi connectivity index (χ1) is 10.4. The number of aliphatic imine (C=N–C) groups is 1. The first-order valence-electron chi connectivity index (χ1n) is 8.45. The lowest BCUT2D eigenvalue weighted by molar-refractivity contribution is 0.123. The lowest BCUT2D eigenvalue weighted by atomic mass is 10.2. The number of ether oxygens (including phenoxy) is 2. The highest BCUT2D eigenvalue weighted by Crippen LogP contribution is 2.28. The molecule has 0 atom stereocenters. The van der Waals surface area contributed by atoms with E-state index >= 15 is 0 Å². The van der Waals surface area contributed by atoms with Crippen molar-refractivity contribution in [2.45, 2.75) is 45.4 Å². The average Bonchev–Trinajstić information content (AvgIpc) is 3.30. The topological polar surface area (TPSA) is 54.9 Å². The van der Waals surface area contributed by atoms with Gasteiger partial charge in [-0.1, -0.05) is 0 Å². The SMILES string of the molecule is CCNC(=NCCCOCC1CC1)NCCCCCOC. The van der Waals surface area contributed by atoms with Gasteiger partial charge in [0.2, 0.25) is 0 Å². The van der Waals surface area contributed by atoms with Crippen molar-refractivity contribution in [3.8, 4) is 0 Å². The molecule has 5 nitrogen and oxygen atoms in total. The van der Waals surface area contributed by atoms with Crippen LogP contribution in [0.3, 0.4) is 0 Å². The summed E-state index contributed by atoms with van der Waals surface area (Å²) in [5, 5.41) is 6.65. The smallest absolute Gasteiger partial charge is 0.191 e. The minimum absolute atomic E-state index is 0.823. The van der Waals surface area contributed by atoms with Gasteiger partial charge in [0, 0.05) is 46.6 Å². The van der Waals surface area contributed by atoms with E-state index in [4.69, 9.17) is 9.47 Å². The third kappa shape index (κ3) is 11.5. The molecule has 2 N–H and O–H groups in total. The highest BCUT2D eigenvalue weighted by atomic mass is 16.5. The Bertz CT molecular complexity index is 268. The fourth-order valence-electron chi connectivity index (χ4n) is 1.99. The number of guanidine groups is 1. The molecule has 0 saturated heterocycles. The summed E-state index contributed by atoms with van der Waals surface area (Å²) in [4.78, 5) is 4.57. The first-order valence-corrected chi connectivity index (χ1v) is 8.45. The van der Waals surface area contributed by atoms with Crippen LogP contribution in [0.1, 0.15) is 45.4 Å². The van der Waals surface area contributed by atoms with Crippen molar-refractivity contribution >= 4 is 5.96 Å². The van der Waals surface area contributed by atoms with Crippen LogP contribution in [0.15, 0.2) is 4.99 Å². The van der Waals surface area contributed by atoms with Gasteiger partial charge in [0.15, 0.2) is 5.96 Å². The van der Waals surface area contributed by atoms with Gasteiger partial charge in [0.05, 0.1) is 0 Å². The van der Waals surface area contributed by atoms with Gasteiger partial charge in [-0.15, -0.1) is 0 Å². The van der Waals surface area contributed by atoms with Crippen molar-refractivity contribution in [2.75, 3.05) is 46.6 Å². The second-order valence-electron chi connectivity index (χ2n) is 5.61. The van der Waals surface area contributed by atoms with Crippen LogP contribution in [-0.2, 0) is 9.47 Å². The molecule has 0 aliphatic heterocycles. The van der Waals surface area contributed by atoms with E-state index in [2.05, 4.69) is 22.5 Å².